The van der Waals surface area contributed by atoms with E-state index in [1.807, 2.05) is 32.0 Å². The molecule has 0 fully saturated rings. The van der Waals surface area contributed by atoms with Gasteiger partial charge in [-0.15, -0.1) is 0 Å². The van der Waals surface area contributed by atoms with E-state index in [1.54, 1.807) is 0 Å². The van der Waals surface area contributed by atoms with E-state index < -0.39 is 5.41 Å². The normalized spacial score (nSPS) is 11.7. The summed E-state index contributed by atoms with van der Waals surface area (Å²) in [5.41, 5.74) is 7.76. The average molecular weight is 261 g/mol. The number of benzene rings is 1. The summed E-state index contributed by atoms with van der Waals surface area (Å²) in [6, 6.07) is 5.85. The number of aromatic nitrogens is 1. The van der Waals surface area contributed by atoms with Crippen molar-refractivity contribution in [3.8, 4) is 0 Å². The number of nitrogens with zero attached hydrogens (tertiary/aromatic N) is 1. The first kappa shape index (κ1) is 13.5. The zero-order valence-corrected chi connectivity index (χ0v) is 11.3. The van der Waals surface area contributed by atoms with E-state index in [1.165, 1.54) is 6.39 Å². The lowest BCUT2D eigenvalue weighted by Gasteiger charge is -2.21. The van der Waals surface area contributed by atoms with Crippen molar-refractivity contribution in [1.29, 1.82) is 0 Å². The van der Waals surface area contributed by atoms with Crippen LogP contribution in [0.4, 0.5) is 0 Å². The van der Waals surface area contributed by atoms with Gasteiger partial charge in [-0.2, -0.15) is 0 Å². The zero-order valence-electron chi connectivity index (χ0n) is 11.3. The number of carbonyl (C=O) groups is 1. The van der Waals surface area contributed by atoms with Crippen molar-refractivity contribution in [2.24, 2.45) is 11.1 Å². The van der Waals surface area contributed by atoms with Crippen molar-refractivity contribution in [1.82, 2.24) is 10.3 Å². The van der Waals surface area contributed by atoms with Gasteiger partial charge in [0.05, 0.1) is 5.41 Å². The summed E-state index contributed by atoms with van der Waals surface area (Å²) in [6.45, 7) is 4.59. The predicted octanol–water partition coefficient (Wildman–Crippen LogP) is 1.47. The number of hydrogen-bond acceptors (Lipinski definition) is 4. The maximum absolute atomic E-state index is 11.8. The van der Waals surface area contributed by atoms with Crippen LogP contribution in [0.1, 0.15) is 19.4 Å². The molecule has 0 bridgehead atoms. The van der Waals surface area contributed by atoms with Crippen LogP contribution >= 0.6 is 0 Å². The molecule has 19 heavy (non-hydrogen) atoms. The molecule has 1 amide bonds. The maximum atomic E-state index is 11.8. The summed E-state index contributed by atoms with van der Waals surface area (Å²) in [4.78, 5) is 15.9. The molecule has 0 saturated carbocycles. The molecule has 102 valence electrons. The Balaban J connectivity index is 1.90. The second kappa shape index (κ2) is 5.40. The van der Waals surface area contributed by atoms with E-state index in [0.29, 0.717) is 13.1 Å². The maximum Gasteiger partial charge on any atom is 0.226 e. The Labute approximate surface area is 112 Å². The molecule has 5 nitrogen and oxygen atoms in total. The first-order chi connectivity index (χ1) is 9.03. The summed E-state index contributed by atoms with van der Waals surface area (Å²) in [5.74, 6) is -0.0178. The largest absolute Gasteiger partial charge is 0.443 e. The van der Waals surface area contributed by atoms with Crippen LogP contribution in [-0.4, -0.2) is 24.0 Å². The van der Waals surface area contributed by atoms with Gasteiger partial charge in [0.15, 0.2) is 12.0 Å². The number of oxazole rings is 1. The number of rotatable bonds is 5. The van der Waals surface area contributed by atoms with Gasteiger partial charge in [0, 0.05) is 13.1 Å². The van der Waals surface area contributed by atoms with Gasteiger partial charge in [-0.1, -0.05) is 6.07 Å². The molecule has 3 N–H and O–H groups in total. The van der Waals surface area contributed by atoms with Gasteiger partial charge in [0.1, 0.15) is 5.52 Å². The van der Waals surface area contributed by atoms with E-state index in [4.69, 9.17) is 10.2 Å². The second-order valence-electron chi connectivity index (χ2n) is 5.25. The van der Waals surface area contributed by atoms with Crippen LogP contribution < -0.4 is 11.1 Å². The molecule has 0 atom stereocenters. The number of nitrogens with two attached hydrogens (primary N) is 1. The Morgan fingerprint density at radius 2 is 2.26 bits per heavy atom. The molecule has 0 aliphatic rings. The third-order valence-electron chi connectivity index (χ3n) is 3.22. The predicted molar refractivity (Wildman–Crippen MR) is 73.6 cm³/mol. The fraction of sp³-hybridized carbons (Fsp3) is 0.429. The molecule has 0 unspecified atom stereocenters. The lowest BCUT2D eigenvalue weighted by Crippen LogP contribution is -2.42. The summed E-state index contributed by atoms with van der Waals surface area (Å²) < 4.78 is 5.24. The number of hydrogen-bond donors (Lipinski definition) is 2. The van der Waals surface area contributed by atoms with Gasteiger partial charge >= 0.3 is 0 Å². The van der Waals surface area contributed by atoms with Gasteiger partial charge in [0.2, 0.25) is 5.91 Å². The average Bonchev–Trinajstić information content (AvgIpc) is 2.86. The van der Waals surface area contributed by atoms with E-state index in [0.717, 1.165) is 23.1 Å². The fourth-order valence-corrected chi connectivity index (χ4v) is 1.71. The molecule has 0 saturated heterocycles. The minimum Gasteiger partial charge on any atom is -0.443 e. The molecule has 0 spiro atoms. The van der Waals surface area contributed by atoms with Gasteiger partial charge in [0.25, 0.3) is 0 Å². The summed E-state index contributed by atoms with van der Waals surface area (Å²) in [6.07, 6.45) is 2.18. The monoisotopic (exact) mass is 261 g/mol. The zero-order chi connectivity index (χ0) is 13.9. The number of fused-ring (bicyclic) bond motifs is 1. The van der Waals surface area contributed by atoms with Crippen molar-refractivity contribution in [3.05, 3.63) is 30.2 Å². The highest BCUT2D eigenvalue weighted by molar-refractivity contribution is 5.82. The fourth-order valence-electron chi connectivity index (χ4n) is 1.71. The van der Waals surface area contributed by atoms with Crippen LogP contribution in [0.5, 0.6) is 0 Å². The van der Waals surface area contributed by atoms with Crippen LogP contribution in [0, 0.1) is 5.41 Å². The molecular weight excluding hydrogens is 242 g/mol. The quantitative estimate of drug-likeness (QED) is 0.854. The van der Waals surface area contributed by atoms with Crippen molar-refractivity contribution < 1.29 is 9.21 Å². The van der Waals surface area contributed by atoms with Crippen molar-refractivity contribution in [3.63, 3.8) is 0 Å². The highest BCUT2D eigenvalue weighted by Crippen LogP contribution is 2.15. The minimum absolute atomic E-state index is 0.0178. The van der Waals surface area contributed by atoms with E-state index >= 15 is 0 Å². The molecule has 1 aromatic heterocycles. The molecule has 0 aliphatic carbocycles. The molecule has 2 rings (SSSR count). The van der Waals surface area contributed by atoms with Gasteiger partial charge < -0.3 is 15.5 Å². The van der Waals surface area contributed by atoms with E-state index in [-0.39, 0.29) is 5.91 Å². The number of carbonyl (C=O) groups excluding carboxylic acids is 1. The van der Waals surface area contributed by atoms with Crippen LogP contribution in [0.3, 0.4) is 0 Å². The van der Waals surface area contributed by atoms with Crippen molar-refractivity contribution >= 4 is 17.0 Å². The van der Waals surface area contributed by atoms with Crippen LogP contribution in [0.2, 0.25) is 0 Å². The van der Waals surface area contributed by atoms with E-state index in [9.17, 15) is 4.79 Å². The highest BCUT2D eigenvalue weighted by Gasteiger charge is 2.24. The Morgan fingerprint density at radius 3 is 3.00 bits per heavy atom. The Bertz CT molecular complexity index is 575. The first-order valence-electron chi connectivity index (χ1n) is 6.33. The number of nitrogens with one attached hydrogen (secondary N) is 1. The first-order valence-corrected chi connectivity index (χ1v) is 6.33. The smallest absolute Gasteiger partial charge is 0.226 e. The van der Waals surface area contributed by atoms with Gasteiger partial charge in [-0.3, -0.25) is 4.79 Å². The molecular formula is C14H19N3O2. The Hall–Kier alpha value is -1.88. The molecule has 0 aliphatic heterocycles. The van der Waals surface area contributed by atoms with Crippen LogP contribution in [0.15, 0.2) is 29.0 Å². The standard InChI is InChI=1S/C14H19N3O2/c1-14(2,8-15)13(18)16-6-5-10-3-4-11-12(7-10)19-9-17-11/h3-4,7,9H,5-6,8,15H2,1-2H3,(H,16,18). The molecule has 2 aromatic rings. The number of amides is 1. The molecule has 5 heteroatoms. The van der Waals surface area contributed by atoms with Gasteiger partial charge in [-0.05, 0) is 38.0 Å². The minimum atomic E-state index is -0.519. The molecule has 1 aromatic carbocycles. The van der Waals surface area contributed by atoms with E-state index in [2.05, 4.69) is 10.3 Å². The Morgan fingerprint density at radius 1 is 1.47 bits per heavy atom. The third kappa shape index (κ3) is 3.12. The summed E-state index contributed by atoms with van der Waals surface area (Å²) in [5, 5.41) is 2.90. The van der Waals surface area contributed by atoms with Crippen molar-refractivity contribution in [2.45, 2.75) is 20.3 Å². The van der Waals surface area contributed by atoms with Crippen molar-refractivity contribution in [2.75, 3.05) is 13.1 Å². The van der Waals surface area contributed by atoms with Gasteiger partial charge in [-0.25, -0.2) is 4.98 Å². The van der Waals surface area contributed by atoms with Crippen LogP contribution in [0.25, 0.3) is 11.1 Å². The topological polar surface area (TPSA) is 81.2 Å². The molecule has 1 heterocycles. The second-order valence-corrected chi connectivity index (χ2v) is 5.25. The summed E-state index contributed by atoms with van der Waals surface area (Å²) in [7, 11) is 0. The SMILES string of the molecule is CC(C)(CN)C(=O)NCCc1ccc2ncoc2c1. The molecule has 0 radical (unpaired) electrons. The van der Waals surface area contributed by atoms with Crippen LogP contribution in [-0.2, 0) is 11.2 Å². The highest BCUT2D eigenvalue weighted by atomic mass is 16.3. The Kier molecular flexibility index (Phi) is 3.85. The lowest BCUT2D eigenvalue weighted by atomic mass is 9.92. The third-order valence-corrected chi connectivity index (χ3v) is 3.22. The lowest BCUT2D eigenvalue weighted by molar-refractivity contribution is -0.128. The summed E-state index contributed by atoms with van der Waals surface area (Å²) >= 11 is 0.